The van der Waals surface area contributed by atoms with Gasteiger partial charge in [0.25, 0.3) is 0 Å². The Morgan fingerprint density at radius 1 is 0.826 bits per heavy atom. The summed E-state index contributed by atoms with van der Waals surface area (Å²) in [5, 5.41) is 0. The number of hydrogen-bond acceptors (Lipinski definition) is 5. The molecule has 23 heavy (non-hydrogen) atoms. The molecule has 4 saturated heterocycles. The van der Waals surface area contributed by atoms with Gasteiger partial charge in [-0.25, -0.2) is 0 Å². The van der Waals surface area contributed by atoms with E-state index in [2.05, 4.69) is 30.6 Å². The summed E-state index contributed by atoms with van der Waals surface area (Å²) in [5.41, 5.74) is 0. The zero-order chi connectivity index (χ0) is 16.3. The average Bonchev–Trinajstić information content (AvgIpc) is 2.44. The lowest BCUT2D eigenvalue weighted by atomic mass is 10.1. The van der Waals surface area contributed by atoms with Crippen LogP contribution in [-0.4, -0.2) is 76.2 Å². The second-order valence-electron chi connectivity index (χ2n) is 7.69. The van der Waals surface area contributed by atoms with Gasteiger partial charge in [-0.3, -0.25) is 4.90 Å². The van der Waals surface area contributed by atoms with Crippen LogP contribution >= 0.6 is 0 Å². The fourth-order valence-corrected chi connectivity index (χ4v) is 7.48. The third-order valence-corrected chi connectivity index (χ3v) is 8.34. The van der Waals surface area contributed by atoms with E-state index in [0.717, 1.165) is 38.6 Å². The van der Waals surface area contributed by atoms with Crippen LogP contribution in [0.2, 0.25) is 6.04 Å². The maximum Gasteiger partial charge on any atom is 0.501 e. The minimum absolute atomic E-state index is 0.205. The lowest BCUT2D eigenvalue weighted by molar-refractivity contribution is -0.0792. The number of rotatable bonds is 4. The Morgan fingerprint density at radius 3 is 1.87 bits per heavy atom. The van der Waals surface area contributed by atoms with Crippen molar-refractivity contribution < 1.29 is 13.3 Å². The van der Waals surface area contributed by atoms with Gasteiger partial charge >= 0.3 is 8.80 Å². The normalized spacial score (nSPS) is 42.9. The van der Waals surface area contributed by atoms with Crippen LogP contribution in [0.3, 0.4) is 0 Å². The summed E-state index contributed by atoms with van der Waals surface area (Å²) in [4.78, 5) is 5.02. The van der Waals surface area contributed by atoms with Crippen LogP contribution in [0, 0.1) is 0 Å². The first-order chi connectivity index (χ1) is 11.0. The molecule has 0 aromatic rings. The zero-order valence-electron chi connectivity index (χ0n) is 15.1. The van der Waals surface area contributed by atoms with Crippen LogP contribution in [0.1, 0.15) is 46.5 Å². The Labute approximate surface area is 142 Å². The van der Waals surface area contributed by atoms with Gasteiger partial charge in [0.1, 0.15) is 0 Å². The second-order valence-corrected chi connectivity index (χ2v) is 10.3. The smallest absolute Gasteiger partial charge is 0.369 e. The van der Waals surface area contributed by atoms with Gasteiger partial charge in [0.05, 0.1) is 18.3 Å². The van der Waals surface area contributed by atoms with Crippen LogP contribution in [0.25, 0.3) is 0 Å². The van der Waals surface area contributed by atoms with Crippen molar-refractivity contribution in [2.45, 2.75) is 70.8 Å². The van der Waals surface area contributed by atoms with Gasteiger partial charge in [0.2, 0.25) is 0 Å². The fraction of sp³-hybridized carbons (Fsp3) is 1.00. The standard InChI is InChI=1S/C17H34N2O3Si/c1-15-12-19-13-16(2)21-23(20-15,22-17(3)14-19)11-7-10-18-8-5-4-6-9-18/h15-17H,4-14H2,1-3H3. The molecule has 0 amide bonds. The summed E-state index contributed by atoms with van der Waals surface area (Å²) < 4.78 is 19.2. The first-order valence-corrected chi connectivity index (χ1v) is 11.5. The number of nitrogens with zero attached hydrogens (tertiary/aromatic N) is 2. The van der Waals surface area contributed by atoms with Crippen LogP contribution < -0.4 is 0 Å². The molecule has 0 aliphatic carbocycles. The number of piperidine rings is 1. The average molecular weight is 343 g/mol. The monoisotopic (exact) mass is 342 g/mol. The van der Waals surface area contributed by atoms with Crippen molar-refractivity contribution in [2.75, 3.05) is 39.3 Å². The summed E-state index contributed by atoms with van der Waals surface area (Å²) in [6.07, 6.45) is 5.85. The summed E-state index contributed by atoms with van der Waals surface area (Å²) in [6.45, 7) is 13.2. The minimum atomic E-state index is -2.55. The molecule has 0 N–H and O–H groups in total. The Bertz CT molecular complexity index is 343. The van der Waals surface area contributed by atoms with Crippen molar-refractivity contribution >= 4 is 8.80 Å². The van der Waals surface area contributed by atoms with Gasteiger partial charge in [-0.05, 0) is 59.7 Å². The van der Waals surface area contributed by atoms with E-state index in [0.29, 0.717) is 0 Å². The number of likely N-dealkylation sites (tertiary alicyclic amines) is 1. The summed E-state index contributed by atoms with van der Waals surface area (Å²) >= 11 is 0. The molecule has 0 spiro atoms. The molecule has 0 aromatic carbocycles. The Morgan fingerprint density at radius 2 is 1.35 bits per heavy atom. The van der Waals surface area contributed by atoms with Gasteiger partial charge in [0, 0.05) is 25.7 Å². The lowest BCUT2D eigenvalue weighted by Gasteiger charge is -2.45. The molecule has 4 fully saturated rings. The third kappa shape index (κ3) is 5.00. The molecule has 4 heterocycles. The molecule has 3 unspecified atom stereocenters. The van der Waals surface area contributed by atoms with Crippen LogP contribution in [0.15, 0.2) is 0 Å². The molecule has 0 radical (unpaired) electrons. The van der Waals surface area contributed by atoms with Crippen molar-refractivity contribution in [1.82, 2.24) is 9.80 Å². The van der Waals surface area contributed by atoms with E-state index in [9.17, 15) is 0 Å². The van der Waals surface area contributed by atoms with E-state index in [1.165, 1.54) is 32.4 Å². The molecule has 0 saturated carbocycles. The number of fused-ring (bicyclic) bond motifs is 6. The van der Waals surface area contributed by atoms with E-state index in [4.69, 9.17) is 13.3 Å². The Kier molecular flexibility index (Phi) is 6.15. The largest absolute Gasteiger partial charge is 0.501 e. The predicted molar refractivity (Wildman–Crippen MR) is 93.6 cm³/mol. The minimum Gasteiger partial charge on any atom is -0.369 e. The van der Waals surface area contributed by atoms with Crippen molar-refractivity contribution in [3.8, 4) is 0 Å². The molecule has 0 aromatic heterocycles. The molecule has 134 valence electrons. The first-order valence-electron chi connectivity index (χ1n) is 9.53. The Balaban J connectivity index is 1.61. The van der Waals surface area contributed by atoms with Crippen molar-refractivity contribution in [1.29, 1.82) is 0 Å². The van der Waals surface area contributed by atoms with Crippen LogP contribution in [0.5, 0.6) is 0 Å². The van der Waals surface area contributed by atoms with Gasteiger partial charge in [0.15, 0.2) is 0 Å². The topological polar surface area (TPSA) is 34.2 Å². The van der Waals surface area contributed by atoms with Crippen molar-refractivity contribution in [3.63, 3.8) is 0 Å². The molecule has 3 atom stereocenters. The molecule has 4 aliphatic heterocycles. The van der Waals surface area contributed by atoms with Gasteiger partial charge in [-0.2, -0.15) is 0 Å². The first kappa shape index (κ1) is 17.8. The third-order valence-electron chi connectivity index (χ3n) is 5.09. The highest BCUT2D eigenvalue weighted by Crippen LogP contribution is 2.29. The molecule has 6 heteroatoms. The molecular formula is C17H34N2O3Si. The molecule has 4 rings (SSSR count). The predicted octanol–water partition coefficient (Wildman–Crippen LogP) is 2.35. The lowest BCUT2D eigenvalue weighted by Crippen LogP contribution is -2.61. The highest BCUT2D eigenvalue weighted by atomic mass is 28.4. The van der Waals surface area contributed by atoms with E-state index < -0.39 is 8.80 Å². The summed E-state index contributed by atoms with van der Waals surface area (Å²) in [6, 6.07) is 0.961. The summed E-state index contributed by atoms with van der Waals surface area (Å²) in [5.74, 6) is 0. The van der Waals surface area contributed by atoms with E-state index in [1.807, 2.05) is 0 Å². The van der Waals surface area contributed by atoms with E-state index in [1.54, 1.807) is 0 Å². The molecule has 2 bridgehead atoms. The van der Waals surface area contributed by atoms with Crippen LogP contribution in [-0.2, 0) is 13.3 Å². The maximum absolute atomic E-state index is 6.41. The van der Waals surface area contributed by atoms with E-state index in [-0.39, 0.29) is 18.3 Å². The number of hydrogen-bond donors (Lipinski definition) is 0. The second kappa shape index (κ2) is 7.93. The maximum atomic E-state index is 6.41. The molecule has 4 aliphatic rings. The van der Waals surface area contributed by atoms with Gasteiger partial charge in [-0.15, -0.1) is 0 Å². The van der Waals surface area contributed by atoms with Crippen molar-refractivity contribution in [3.05, 3.63) is 0 Å². The SMILES string of the molecule is CC1CN2CC(C)O[Si](CCCN3CCCCC3)(O1)OC(C)C2. The van der Waals surface area contributed by atoms with Crippen LogP contribution in [0.4, 0.5) is 0 Å². The quantitative estimate of drug-likeness (QED) is 0.733. The van der Waals surface area contributed by atoms with E-state index >= 15 is 0 Å². The van der Waals surface area contributed by atoms with Gasteiger partial charge in [-0.1, -0.05) is 6.42 Å². The molecule has 5 nitrogen and oxygen atoms in total. The highest BCUT2D eigenvalue weighted by molar-refractivity contribution is 6.60. The fourth-order valence-electron chi connectivity index (χ4n) is 4.31. The zero-order valence-corrected chi connectivity index (χ0v) is 16.1. The van der Waals surface area contributed by atoms with Crippen molar-refractivity contribution in [2.24, 2.45) is 0 Å². The van der Waals surface area contributed by atoms with Gasteiger partial charge < -0.3 is 18.2 Å². The summed E-state index contributed by atoms with van der Waals surface area (Å²) in [7, 11) is -2.55. The Hall–Kier alpha value is 0.0169. The highest BCUT2D eigenvalue weighted by Gasteiger charge is 2.48. The molecular weight excluding hydrogens is 308 g/mol.